The summed E-state index contributed by atoms with van der Waals surface area (Å²) in [6, 6.07) is 12.6. The van der Waals surface area contributed by atoms with Gasteiger partial charge in [-0.3, -0.25) is 9.69 Å². The van der Waals surface area contributed by atoms with E-state index in [1.807, 2.05) is 13.8 Å². The van der Waals surface area contributed by atoms with E-state index in [1.165, 1.54) is 7.11 Å². The Labute approximate surface area is 157 Å². The molecule has 0 spiro atoms. The van der Waals surface area contributed by atoms with Gasteiger partial charge in [-0.05, 0) is 31.5 Å². The van der Waals surface area contributed by atoms with E-state index in [2.05, 4.69) is 10.6 Å². The van der Waals surface area contributed by atoms with E-state index in [-0.39, 0.29) is 6.04 Å². The van der Waals surface area contributed by atoms with E-state index in [0.717, 1.165) is 4.90 Å². The summed E-state index contributed by atoms with van der Waals surface area (Å²) >= 11 is 0. The second-order valence-electron chi connectivity index (χ2n) is 6.47. The number of nitrogens with zero attached hydrogens (tertiary/aromatic N) is 1. The zero-order valence-electron chi connectivity index (χ0n) is 15.5. The largest absolute Gasteiger partial charge is 0.497 e. The van der Waals surface area contributed by atoms with Crippen LogP contribution in [0, 0.1) is 0 Å². The summed E-state index contributed by atoms with van der Waals surface area (Å²) in [7, 11) is 1.51. The van der Waals surface area contributed by atoms with Crippen molar-refractivity contribution in [3.63, 3.8) is 0 Å². The van der Waals surface area contributed by atoms with Gasteiger partial charge >= 0.3 is 6.03 Å². The van der Waals surface area contributed by atoms with Crippen LogP contribution in [0.15, 0.2) is 48.5 Å². The lowest BCUT2D eigenvalue weighted by atomic mass is 9.94. The molecule has 7 heteroatoms. The number of amides is 3. The second-order valence-corrected chi connectivity index (χ2v) is 6.47. The number of hydrogen-bond donors (Lipinski definition) is 3. The Morgan fingerprint density at radius 3 is 2.74 bits per heavy atom. The van der Waals surface area contributed by atoms with Gasteiger partial charge in [0.15, 0.2) is 0 Å². The summed E-state index contributed by atoms with van der Waals surface area (Å²) in [5, 5.41) is 17.1. The third-order valence-electron chi connectivity index (χ3n) is 4.69. The number of rotatable bonds is 5. The molecule has 0 bridgehead atoms. The zero-order chi connectivity index (χ0) is 19.6. The van der Waals surface area contributed by atoms with Gasteiger partial charge in [0.05, 0.1) is 18.5 Å². The Morgan fingerprint density at radius 2 is 2.04 bits per heavy atom. The van der Waals surface area contributed by atoms with Crippen LogP contribution in [0.4, 0.5) is 16.2 Å². The van der Waals surface area contributed by atoms with Crippen LogP contribution in [-0.4, -0.2) is 30.2 Å². The highest BCUT2D eigenvalue weighted by Gasteiger charge is 2.52. The van der Waals surface area contributed by atoms with Crippen molar-refractivity contribution >= 4 is 23.3 Å². The number of benzene rings is 2. The maximum absolute atomic E-state index is 13.1. The average molecular weight is 369 g/mol. The Kier molecular flexibility index (Phi) is 5.05. The highest BCUT2D eigenvalue weighted by atomic mass is 16.5. The fraction of sp³-hybridized carbons (Fsp3) is 0.300. The van der Waals surface area contributed by atoms with Crippen molar-refractivity contribution in [2.45, 2.75) is 32.0 Å². The first-order valence-corrected chi connectivity index (χ1v) is 8.80. The molecule has 0 fully saturated rings. The first-order valence-electron chi connectivity index (χ1n) is 8.80. The Bertz CT molecular complexity index is 870. The van der Waals surface area contributed by atoms with Gasteiger partial charge in [-0.1, -0.05) is 31.2 Å². The number of carbonyl (C=O) groups is 2. The van der Waals surface area contributed by atoms with Crippen molar-refractivity contribution in [3.8, 4) is 5.75 Å². The minimum absolute atomic E-state index is 0.161. The molecule has 1 heterocycles. The normalized spacial score (nSPS) is 19.7. The fourth-order valence-electron chi connectivity index (χ4n) is 3.04. The number of fused-ring (bicyclic) bond motifs is 1. The maximum Gasteiger partial charge on any atom is 0.329 e. The van der Waals surface area contributed by atoms with E-state index < -0.39 is 17.7 Å². The number of carbonyl (C=O) groups excluding carboxylic acids is 2. The standard InChI is InChI=1S/C20H23N3O4/c1-4-13(2)21-18(24)20(26)16-10-5-6-11-17(16)22-19(25)23(20)14-8-7-9-15(12-14)27-3/h5-13,26H,4H2,1-3H3,(H,21,24)(H,22,25)/t13-,20-/m0/s1. The Hall–Kier alpha value is -3.06. The van der Waals surface area contributed by atoms with Crippen LogP contribution in [0.25, 0.3) is 0 Å². The van der Waals surface area contributed by atoms with Crippen molar-refractivity contribution in [1.82, 2.24) is 5.32 Å². The summed E-state index contributed by atoms with van der Waals surface area (Å²) in [4.78, 5) is 27.0. The third-order valence-corrected chi connectivity index (χ3v) is 4.69. The number of para-hydroxylation sites is 1. The van der Waals surface area contributed by atoms with Gasteiger partial charge in [-0.15, -0.1) is 0 Å². The van der Waals surface area contributed by atoms with Crippen LogP contribution in [0.3, 0.4) is 0 Å². The van der Waals surface area contributed by atoms with Crippen LogP contribution in [-0.2, 0) is 10.5 Å². The van der Waals surface area contributed by atoms with Crippen molar-refractivity contribution in [2.24, 2.45) is 0 Å². The average Bonchev–Trinajstić information content (AvgIpc) is 2.67. The van der Waals surface area contributed by atoms with Crippen molar-refractivity contribution < 1.29 is 19.4 Å². The molecule has 3 amide bonds. The number of anilines is 2. The van der Waals surface area contributed by atoms with Crippen LogP contribution >= 0.6 is 0 Å². The molecule has 3 N–H and O–H groups in total. The molecule has 2 atom stereocenters. The van der Waals surface area contributed by atoms with Crippen molar-refractivity contribution in [1.29, 1.82) is 0 Å². The lowest BCUT2D eigenvalue weighted by Crippen LogP contribution is -2.63. The van der Waals surface area contributed by atoms with Gasteiger partial charge in [-0.25, -0.2) is 4.79 Å². The van der Waals surface area contributed by atoms with Crippen molar-refractivity contribution in [2.75, 3.05) is 17.3 Å². The monoisotopic (exact) mass is 369 g/mol. The Morgan fingerprint density at radius 1 is 1.30 bits per heavy atom. The summed E-state index contributed by atoms with van der Waals surface area (Å²) in [5.41, 5.74) is -1.17. The van der Waals surface area contributed by atoms with Gasteiger partial charge in [0.25, 0.3) is 11.6 Å². The predicted molar refractivity (Wildman–Crippen MR) is 103 cm³/mol. The smallest absolute Gasteiger partial charge is 0.329 e. The van der Waals surface area contributed by atoms with Gasteiger partial charge in [0.2, 0.25) is 0 Å². The number of hydrogen-bond acceptors (Lipinski definition) is 4. The predicted octanol–water partition coefficient (Wildman–Crippen LogP) is 2.81. The molecule has 1 aliphatic rings. The van der Waals surface area contributed by atoms with E-state index in [1.54, 1.807) is 48.5 Å². The zero-order valence-corrected chi connectivity index (χ0v) is 15.5. The third kappa shape index (κ3) is 3.21. The summed E-state index contributed by atoms with van der Waals surface area (Å²) in [6.45, 7) is 3.77. The minimum Gasteiger partial charge on any atom is -0.497 e. The molecule has 27 heavy (non-hydrogen) atoms. The SMILES string of the molecule is CC[C@H](C)NC(=O)[C@@]1(O)c2ccccc2NC(=O)N1c1cccc(OC)c1. The molecule has 0 radical (unpaired) electrons. The molecule has 1 aliphatic heterocycles. The van der Waals surface area contributed by atoms with Crippen LogP contribution in [0.1, 0.15) is 25.8 Å². The lowest BCUT2D eigenvalue weighted by Gasteiger charge is -2.43. The number of nitrogens with one attached hydrogen (secondary N) is 2. The van der Waals surface area contributed by atoms with Gasteiger partial charge < -0.3 is 20.5 Å². The van der Waals surface area contributed by atoms with E-state index in [4.69, 9.17) is 4.74 Å². The first kappa shape index (κ1) is 18.7. The fourth-order valence-corrected chi connectivity index (χ4v) is 3.04. The second kappa shape index (κ2) is 7.28. The van der Waals surface area contributed by atoms with Crippen LogP contribution < -0.4 is 20.3 Å². The van der Waals surface area contributed by atoms with Gasteiger partial charge in [-0.2, -0.15) is 0 Å². The molecule has 0 saturated heterocycles. The van der Waals surface area contributed by atoms with Crippen LogP contribution in [0.5, 0.6) is 5.75 Å². The number of aliphatic hydroxyl groups is 1. The maximum atomic E-state index is 13.1. The van der Waals surface area contributed by atoms with E-state index >= 15 is 0 Å². The lowest BCUT2D eigenvalue weighted by molar-refractivity contribution is -0.140. The Balaban J connectivity index is 2.17. The molecule has 7 nitrogen and oxygen atoms in total. The molecule has 3 rings (SSSR count). The topological polar surface area (TPSA) is 90.9 Å². The summed E-state index contributed by atoms with van der Waals surface area (Å²) in [6.07, 6.45) is 0.689. The summed E-state index contributed by atoms with van der Waals surface area (Å²) in [5.74, 6) is -0.161. The molecule has 142 valence electrons. The quantitative estimate of drug-likeness (QED) is 0.756. The molecular formula is C20H23N3O4. The molecule has 0 saturated carbocycles. The van der Waals surface area contributed by atoms with Gasteiger partial charge in [0, 0.05) is 17.7 Å². The molecule has 0 unspecified atom stereocenters. The molecule has 0 aliphatic carbocycles. The number of urea groups is 1. The summed E-state index contributed by atoms with van der Waals surface area (Å²) < 4.78 is 5.22. The van der Waals surface area contributed by atoms with E-state index in [0.29, 0.717) is 29.1 Å². The highest BCUT2D eigenvalue weighted by molar-refractivity contribution is 6.11. The molecule has 0 aromatic heterocycles. The molecule has 2 aromatic carbocycles. The first-order chi connectivity index (χ1) is 12.9. The van der Waals surface area contributed by atoms with Gasteiger partial charge in [0.1, 0.15) is 5.75 Å². The molecular weight excluding hydrogens is 346 g/mol. The van der Waals surface area contributed by atoms with Crippen molar-refractivity contribution in [3.05, 3.63) is 54.1 Å². The highest BCUT2D eigenvalue weighted by Crippen LogP contribution is 2.40. The molecule has 2 aromatic rings. The van der Waals surface area contributed by atoms with E-state index in [9.17, 15) is 14.7 Å². The number of ether oxygens (including phenoxy) is 1. The minimum atomic E-state index is -2.20. The van der Waals surface area contributed by atoms with Crippen LogP contribution in [0.2, 0.25) is 0 Å². The number of methoxy groups -OCH3 is 1.